The lowest BCUT2D eigenvalue weighted by molar-refractivity contribution is 0.102. The number of anilines is 1. The number of tetrazole rings is 1. The van der Waals surface area contributed by atoms with Gasteiger partial charge in [-0.05, 0) is 47.7 Å². The first-order valence-electron chi connectivity index (χ1n) is 8.46. The summed E-state index contributed by atoms with van der Waals surface area (Å²) < 4.78 is 14.9. The fourth-order valence-corrected chi connectivity index (χ4v) is 4.00. The molecule has 0 unspecified atom stereocenters. The van der Waals surface area contributed by atoms with Crippen molar-refractivity contribution in [2.24, 2.45) is 0 Å². The van der Waals surface area contributed by atoms with Gasteiger partial charge < -0.3 is 5.32 Å². The molecule has 0 fully saturated rings. The minimum atomic E-state index is -0.373. The molecule has 11 heteroatoms. The number of amides is 1. The lowest BCUT2D eigenvalue weighted by Crippen LogP contribution is -2.11. The number of thioether (sulfide) groups is 1. The molecule has 0 bridgehead atoms. The molecule has 29 heavy (non-hydrogen) atoms. The highest BCUT2D eigenvalue weighted by molar-refractivity contribution is 7.98. The summed E-state index contributed by atoms with van der Waals surface area (Å²) in [7, 11) is 0. The topological polar surface area (TPSA) is 98.5 Å². The first-order chi connectivity index (χ1) is 14.1. The quantitative estimate of drug-likeness (QED) is 0.470. The lowest BCUT2D eigenvalue weighted by atomic mass is 10.2. The van der Waals surface area contributed by atoms with Crippen molar-refractivity contribution in [2.45, 2.75) is 17.8 Å². The maximum atomic E-state index is 13.5. The second-order valence-corrected chi connectivity index (χ2v) is 7.97. The predicted octanol–water partition coefficient (Wildman–Crippen LogP) is 3.51. The Labute approximate surface area is 173 Å². The first kappa shape index (κ1) is 19.2. The van der Waals surface area contributed by atoms with Crippen molar-refractivity contribution < 1.29 is 9.18 Å². The van der Waals surface area contributed by atoms with Crippen molar-refractivity contribution in [3.8, 4) is 5.69 Å². The molecule has 0 saturated heterocycles. The van der Waals surface area contributed by atoms with Gasteiger partial charge in [0, 0.05) is 5.69 Å². The van der Waals surface area contributed by atoms with Crippen LogP contribution in [0.4, 0.5) is 10.1 Å². The van der Waals surface area contributed by atoms with Gasteiger partial charge in [0.2, 0.25) is 10.2 Å². The molecular formula is C18H14FN7OS2. The van der Waals surface area contributed by atoms with E-state index in [0.717, 1.165) is 5.56 Å². The SMILES string of the molecule is Cc1ccc(NC(=O)c2nnc(CSc3nnnn3-c3cccc(F)c3)s2)cc1. The number of benzene rings is 2. The predicted molar refractivity (Wildman–Crippen MR) is 108 cm³/mol. The number of nitrogens with one attached hydrogen (secondary N) is 1. The van der Waals surface area contributed by atoms with Crippen LogP contribution in [0.1, 0.15) is 20.4 Å². The van der Waals surface area contributed by atoms with Crippen molar-refractivity contribution in [3.05, 3.63) is 69.9 Å². The number of nitrogens with zero attached hydrogens (tertiary/aromatic N) is 6. The largest absolute Gasteiger partial charge is 0.320 e. The molecule has 0 saturated carbocycles. The second kappa shape index (κ2) is 8.45. The van der Waals surface area contributed by atoms with Gasteiger partial charge in [-0.1, -0.05) is 46.9 Å². The fourth-order valence-electron chi connectivity index (χ4n) is 2.39. The molecule has 2 aromatic carbocycles. The van der Waals surface area contributed by atoms with E-state index in [1.165, 1.54) is 39.9 Å². The standard InChI is InChI=1S/C18H14FN7OS2/c1-11-5-7-13(8-6-11)20-16(27)17-22-21-15(29-17)10-28-18-23-24-25-26(18)14-4-2-3-12(19)9-14/h2-9H,10H2,1H3,(H,20,27). The highest BCUT2D eigenvalue weighted by atomic mass is 32.2. The van der Waals surface area contributed by atoms with Crippen LogP contribution in [0.3, 0.4) is 0 Å². The molecule has 0 spiro atoms. The van der Waals surface area contributed by atoms with E-state index in [1.807, 2.05) is 31.2 Å². The zero-order valence-electron chi connectivity index (χ0n) is 15.1. The molecule has 0 aliphatic heterocycles. The van der Waals surface area contributed by atoms with E-state index in [2.05, 4.69) is 31.0 Å². The normalized spacial score (nSPS) is 10.8. The molecule has 0 aliphatic carbocycles. The molecule has 146 valence electrons. The minimum absolute atomic E-state index is 0.269. The van der Waals surface area contributed by atoms with Crippen molar-refractivity contribution in [1.29, 1.82) is 0 Å². The zero-order valence-corrected chi connectivity index (χ0v) is 16.7. The molecular weight excluding hydrogens is 413 g/mol. The average molecular weight is 427 g/mol. The summed E-state index contributed by atoms with van der Waals surface area (Å²) in [6, 6.07) is 13.5. The number of rotatable bonds is 6. The molecule has 1 N–H and O–H groups in total. The molecule has 2 aromatic heterocycles. The Hall–Kier alpha value is -3.18. The Morgan fingerprint density at radius 3 is 2.79 bits per heavy atom. The number of carbonyl (C=O) groups is 1. The van der Waals surface area contributed by atoms with Crippen LogP contribution in [0, 0.1) is 12.7 Å². The van der Waals surface area contributed by atoms with Crippen LogP contribution in [0.25, 0.3) is 5.69 Å². The van der Waals surface area contributed by atoms with Crippen LogP contribution < -0.4 is 5.32 Å². The van der Waals surface area contributed by atoms with Crippen LogP contribution in [-0.4, -0.2) is 36.3 Å². The van der Waals surface area contributed by atoms with E-state index in [-0.39, 0.29) is 16.7 Å². The van der Waals surface area contributed by atoms with Crippen molar-refractivity contribution in [1.82, 2.24) is 30.4 Å². The van der Waals surface area contributed by atoms with Crippen LogP contribution >= 0.6 is 23.1 Å². The van der Waals surface area contributed by atoms with Crippen LogP contribution in [0.5, 0.6) is 0 Å². The van der Waals surface area contributed by atoms with Gasteiger partial charge in [-0.2, -0.15) is 4.68 Å². The van der Waals surface area contributed by atoms with Gasteiger partial charge >= 0.3 is 0 Å². The molecule has 0 atom stereocenters. The summed E-state index contributed by atoms with van der Waals surface area (Å²) >= 11 is 2.52. The number of halogens is 1. The Morgan fingerprint density at radius 2 is 2.00 bits per heavy atom. The lowest BCUT2D eigenvalue weighted by Gasteiger charge is -2.03. The number of hydrogen-bond donors (Lipinski definition) is 1. The maximum absolute atomic E-state index is 13.5. The highest BCUT2D eigenvalue weighted by Crippen LogP contribution is 2.24. The molecule has 0 aliphatic rings. The molecule has 4 rings (SSSR count). The average Bonchev–Trinajstić information content (AvgIpc) is 3.37. The Morgan fingerprint density at radius 1 is 1.17 bits per heavy atom. The molecule has 8 nitrogen and oxygen atoms in total. The third-order valence-electron chi connectivity index (χ3n) is 3.79. The number of aromatic nitrogens is 6. The summed E-state index contributed by atoms with van der Waals surface area (Å²) in [5, 5.41) is 23.7. The van der Waals surface area contributed by atoms with Crippen LogP contribution in [0.15, 0.2) is 53.7 Å². The third kappa shape index (κ3) is 4.63. The Balaban J connectivity index is 1.41. The summed E-state index contributed by atoms with van der Waals surface area (Å²) in [6.45, 7) is 1.98. The summed E-state index contributed by atoms with van der Waals surface area (Å²) in [4.78, 5) is 12.3. The van der Waals surface area contributed by atoms with Gasteiger partial charge in [0.1, 0.15) is 10.8 Å². The minimum Gasteiger partial charge on any atom is -0.320 e. The van der Waals surface area contributed by atoms with E-state index in [4.69, 9.17) is 0 Å². The van der Waals surface area contributed by atoms with Crippen molar-refractivity contribution in [2.75, 3.05) is 5.32 Å². The number of aryl methyl sites for hydroxylation is 1. The molecule has 1 amide bonds. The van der Waals surface area contributed by atoms with E-state index in [1.54, 1.807) is 12.1 Å². The van der Waals surface area contributed by atoms with Crippen molar-refractivity contribution in [3.63, 3.8) is 0 Å². The fraction of sp³-hybridized carbons (Fsp3) is 0.111. The third-order valence-corrected chi connectivity index (χ3v) is 5.82. The van der Waals surface area contributed by atoms with Gasteiger partial charge in [-0.25, -0.2) is 4.39 Å². The van der Waals surface area contributed by atoms with Crippen LogP contribution in [0.2, 0.25) is 0 Å². The van der Waals surface area contributed by atoms with Gasteiger partial charge in [-0.15, -0.1) is 15.3 Å². The van der Waals surface area contributed by atoms with Gasteiger partial charge in [0.25, 0.3) is 5.91 Å². The van der Waals surface area contributed by atoms with Crippen molar-refractivity contribution >= 4 is 34.7 Å². The van der Waals surface area contributed by atoms with Crippen LogP contribution in [-0.2, 0) is 5.75 Å². The smallest absolute Gasteiger partial charge is 0.286 e. The van der Waals surface area contributed by atoms with E-state index >= 15 is 0 Å². The molecule has 0 radical (unpaired) electrons. The number of carbonyl (C=O) groups excluding carboxylic acids is 1. The monoisotopic (exact) mass is 427 g/mol. The van der Waals surface area contributed by atoms with E-state index in [9.17, 15) is 9.18 Å². The summed E-state index contributed by atoms with van der Waals surface area (Å²) in [5.74, 6) is -0.264. The first-order valence-corrected chi connectivity index (χ1v) is 10.3. The van der Waals surface area contributed by atoms with Gasteiger partial charge in [-0.3, -0.25) is 4.79 Å². The second-order valence-electron chi connectivity index (χ2n) is 5.96. The number of hydrogen-bond acceptors (Lipinski definition) is 8. The molecule has 2 heterocycles. The van der Waals surface area contributed by atoms with E-state index < -0.39 is 0 Å². The molecule has 4 aromatic rings. The van der Waals surface area contributed by atoms with E-state index in [0.29, 0.717) is 27.3 Å². The summed E-state index contributed by atoms with van der Waals surface area (Å²) in [6.07, 6.45) is 0. The maximum Gasteiger partial charge on any atom is 0.286 e. The van der Waals surface area contributed by atoms with Gasteiger partial charge in [0.05, 0.1) is 11.4 Å². The van der Waals surface area contributed by atoms with Gasteiger partial charge in [0.15, 0.2) is 0 Å². The Kier molecular flexibility index (Phi) is 5.58. The summed E-state index contributed by atoms with van der Waals surface area (Å²) in [5.41, 5.74) is 2.33. The highest BCUT2D eigenvalue weighted by Gasteiger charge is 2.15. The Bertz CT molecular complexity index is 1140. The zero-order chi connectivity index (χ0) is 20.2.